The van der Waals surface area contributed by atoms with Gasteiger partial charge in [0.1, 0.15) is 0 Å². The van der Waals surface area contributed by atoms with Crippen LogP contribution in [0.1, 0.15) is 0 Å². The molecule has 0 aliphatic carbocycles. The van der Waals surface area contributed by atoms with E-state index in [1.54, 1.807) is 0 Å². The van der Waals surface area contributed by atoms with Gasteiger partial charge in [-0.25, -0.2) is 0 Å². The van der Waals surface area contributed by atoms with Gasteiger partial charge >= 0.3 is 827 Å². The van der Waals surface area contributed by atoms with E-state index in [-0.39, 0.29) is 827 Å². The molecular formula is Cs12F6O18Si6-6. The van der Waals surface area contributed by atoms with Crippen LogP contribution >= 0.6 is 0 Å². The zero-order valence-electron chi connectivity index (χ0n) is 24.6. The minimum absolute atomic E-state index is 0. The first-order valence-electron chi connectivity index (χ1n) is 4.81. The van der Waals surface area contributed by atoms with Crippen molar-refractivity contribution in [2.24, 2.45) is 0 Å². The Kier molecular flexibility index (Phi) is 216. The molecule has 0 spiro atoms. The second-order valence-corrected chi connectivity index (χ2v) is 8.67. The molecule has 0 aliphatic rings. The molecule has 0 fully saturated rings. The Morgan fingerprint density at radius 3 is 0.167 bits per heavy atom. The molecule has 0 aromatic carbocycles. The van der Waals surface area contributed by atoms with E-state index in [9.17, 15) is 24.6 Å². The van der Waals surface area contributed by atoms with Gasteiger partial charge in [-0.05, 0) is 0 Å². The second kappa shape index (κ2) is 74.7. The van der Waals surface area contributed by atoms with Crippen LogP contribution in [-0.4, -0.2) is 54.8 Å². The zero-order chi connectivity index (χ0) is 27.0. The van der Waals surface area contributed by atoms with Crippen LogP contribution in [0.5, 0.6) is 0 Å². The molecule has 0 saturated heterocycles. The normalized spacial score (nSPS) is 8.57. The minimum Gasteiger partial charge on any atom is -0.857 e. The van der Waals surface area contributed by atoms with Crippen molar-refractivity contribution in [1.82, 2.24) is 0 Å². The fourth-order valence-electron chi connectivity index (χ4n) is 0. The first-order valence-corrected chi connectivity index (χ1v) is 14.4. The fourth-order valence-corrected chi connectivity index (χ4v) is 0. The molecule has 0 unspecified atom stereocenters. The van der Waals surface area contributed by atoms with E-state index in [1.807, 2.05) is 0 Å². The number of hydrogen-bond donors (Lipinski definition) is 0. The van der Waals surface area contributed by atoms with Gasteiger partial charge in [0.25, 0.3) is 0 Å². The molecule has 192 valence electrons. The molecule has 0 N–H and O–H groups in total. The first-order chi connectivity index (χ1) is 12.0. The van der Waals surface area contributed by atoms with Gasteiger partial charge < -0.3 is 111 Å². The summed E-state index contributed by atoms with van der Waals surface area (Å²) in [5, 5.41) is 0. The van der Waals surface area contributed by atoms with E-state index in [0.29, 0.717) is 0 Å². The summed E-state index contributed by atoms with van der Waals surface area (Å²) in [6, 6.07) is 0. The molecule has 0 aromatic heterocycles. The van der Waals surface area contributed by atoms with Gasteiger partial charge in [-0.3, -0.25) is 0 Å². The summed E-state index contributed by atoms with van der Waals surface area (Å²) in [4.78, 5) is 152. The van der Waals surface area contributed by atoms with Gasteiger partial charge in [0, 0.05) is 0 Å². The molecule has 0 aromatic rings. The van der Waals surface area contributed by atoms with Crippen LogP contribution in [0.2, 0.25) is 0 Å². The Bertz CT molecular complexity index is 263. The predicted molar refractivity (Wildman–Crippen MR) is 41.2 cm³/mol. The number of hydrogen-bond acceptors (Lipinski definition) is 18. The van der Waals surface area contributed by atoms with Crippen molar-refractivity contribution < 1.29 is 938 Å². The van der Waals surface area contributed by atoms with Gasteiger partial charge in [-0.15, -0.1) is 0 Å². The van der Waals surface area contributed by atoms with Crippen LogP contribution in [0, 0.1) is 0 Å². The molecule has 0 saturated carbocycles. The second-order valence-electron chi connectivity index (χ2n) is 2.89. The Balaban J connectivity index is -0.00000000973. The van der Waals surface area contributed by atoms with Gasteiger partial charge in [0.2, 0.25) is 0 Å². The average Bonchev–Trinajstić information content (AvgIpc) is 1.94. The summed E-state index contributed by atoms with van der Waals surface area (Å²) < 4.78 is 61.0. The molecular weight excluding hydrogens is 2170 g/mol. The first kappa shape index (κ1) is 121. The van der Waals surface area contributed by atoms with Crippen LogP contribution < -0.4 is 913 Å². The third kappa shape index (κ3) is 429. The molecule has 0 atom stereocenters. The van der Waals surface area contributed by atoms with Crippen molar-refractivity contribution >= 4 is 54.8 Å². The third-order valence-corrected chi connectivity index (χ3v) is 0. The van der Waals surface area contributed by atoms with E-state index in [4.69, 9.17) is 86.3 Å². The number of rotatable bonds is 0. The maximum atomic E-state index is 10.2. The molecule has 42 heteroatoms. The molecule has 0 heterocycles. The zero-order valence-corrected chi connectivity index (χ0v) is 106. The quantitative estimate of drug-likeness (QED) is 0.123. The van der Waals surface area contributed by atoms with Crippen LogP contribution in [0.3, 0.4) is 0 Å². The molecule has 18 nitrogen and oxygen atoms in total. The van der Waals surface area contributed by atoms with E-state index in [2.05, 4.69) is 0 Å². The Hall–Kier alpha value is 24.8. The SMILES string of the molecule is [Cs+].[Cs+].[Cs+].[Cs+].[Cs+].[Cs+].[Cs+].[Cs+].[Cs+].[Cs+].[Cs+].[Cs+].[O-][Si]([O-])([O-])F.[O-][Si]([O-])([O-])F.[O-][Si]([O-])([O-])F.[O-][Si]([O-])([O-])F.[O-][Si]([O-])([O-])F.[O-][Si]([O-])([O-])F. The topological polar surface area (TPSA) is 415 Å². The average molecular weight is 2170 g/mol. The van der Waals surface area contributed by atoms with Gasteiger partial charge in [0.15, 0.2) is 0 Å². The molecule has 0 radical (unpaired) electrons. The molecule has 0 aliphatic heterocycles. The minimum atomic E-state index is -5.86. The summed E-state index contributed by atoms with van der Waals surface area (Å²) in [6.45, 7) is 0. The summed E-state index contributed by atoms with van der Waals surface area (Å²) in [7, 11) is -35.2. The summed E-state index contributed by atoms with van der Waals surface area (Å²) in [5.74, 6) is 0. The summed E-state index contributed by atoms with van der Waals surface area (Å²) >= 11 is 0. The van der Waals surface area contributed by atoms with Crippen molar-refractivity contribution in [3.8, 4) is 0 Å². The van der Waals surface area contributed by atoms with Gasteiger partial charge in [-0.2, -0.15) is 0 Å². The Labute approximate surface area is 950 Å². The Morgan fingerprint density at radius 2 is 0.167 bits per heavy atom. The van der Waals surface area contributed by atoms with Gasteiger partial charge in [-0.1, -0.05) is 54.8 Å². The van der Waals surface area contributed by atoms with Crippen molar-refractivity contribution in [1.29, 1.82) is 0 Å². The van der Waals surface area contributed by atoms with E-state index in [1.165, 1.54) is 0 Å². The van der Waals surface area contributed by atoms with E-state index < -0.39 is 54.8 Å². The van der Waals surface area contributed by atoms with Gasteiger partial charge in [0.05, 0.1) is 0 Å². The van der Waals surface area contributed by atoms with Crippen LogP contribution in [-0.2, 0) is 0 Å². The van der Waals surface area contributed by atoms with Crippen molar-refractivity contribution in [3.05, 3.63) is 0 Å². The molecule has 0 bridgehead atoms. The monoisotopic (exact) mass is 2160 g/mol. The van der Waals surface area contributed by atoms with Crippen LogP contribution in [0.4, 0.5) is 24.6 Å². The maximum absolute atomic E-state index is 10.2. The molecule has 0 rings (SSSR count). The van der Waals surface area contributed by atoms with E-state index >= 15 is 0 Å². The summed E-state index contributed by atoms with van der Waals surface area (Å²) in [5.41, 5.74) is 0. The van der Waals surface area contributed by atoms with Crippen molar-refractivity contribution in [3.63, 3.8) is 0 Å². The van der Waals surface area contributed by atoms with Crippen molar-refractivity contribution in [2.45, 2.75) is 0 Å². The third-order valence-electron chi connectivity index (χ3n) is 0. The predicted octanol–water partition coefficient (Wildman–Crippen LogP) is -57.1. The fraction of sp³-hybridized carbons (Fsp3) is 0. The summed E-state index contributed by atoms with van der Waals surface area (Å²) in [6.07, 6.45) is 0. The van der Waals surface area contributed by atoms with Crippen LogP contribution in [0.25, 0.3) is 0 Å². The standard InChI is InChI=1S/12Cs.6FO3Si/c;;;;;;;;;;;;6*1-5(2,3)4/q12*+1;6*-3. The molecule has 0 amide bonds. The maximum Gasteiger partial charge on any atom is 1.00 e. The van der Waals surface area contributed by atoms with Crippen molar-refractivity contribution in [2.75, 3.05) is 0 Å². The molecule has 42 heavy (non-hydrogen) atoms. The van der Waals surface area contributed by atoms with Crippen LogP contribution in [0.15, 0.2) is 0 Å². The largest absolute Gasteiger partial charge is 1.00 e. The Morgan fingerprint density at radius 1 is 0.167 bits per heavy atom. The van der Waals surface area contributed by atoms with E-state index in [0.717, 1.165) is 0 Å². The number of halogens is 6. The smallest absolute Gasteiger partial charge is 0.857 e.